The van der Waals surface area contributed by atoms with E-state index in [4.69, 9.17) is 9.47 Å². The van der Waals surface area contributed by atoms with Gasteiger partial charge in [0, 0.05) is 24.5 Å². The molecule has 0 saturated carbocycles. The molecule has 172 valence electrons. The summed E-state index contributed by atoms with van der Waals surface area (Å²) in [4.78, 5) is 25.4. The van der Waals surface area contributed by atoms with E-state index in [0.717, 1.165) is 13.0 Å². The van der Waals surface area contributed by atoms with Crippen LogP contribution in [0.15, 0.2) is 36.7 Å². The lowest BCUT2D eigenvalue weighted by atomic mass is 10.0. The van der Waals surface area contributed by atoms with Gasteiger partial charge in [-0.2, -0.15) is 0 Å². The molecule has 0 aliphatic carbocycles. The van der Waals surface area contributed by atoms with Crippen molar-refractivity contribution < 1.29 is 18.7 Å². The Morgan fingerprint density at radius 2 is 2.15 bits per heavy atom. The van der Waals surface area contributed by atoms with E-state index in [-0.39, 0.29) is 18.0 Å². The Morgan fingerprint density at radius 1 is 1.30 bits per heavy atom. The zero-order valence-corrected chi connectivity index (χ0v) is 18.8. The predicted molar refractivity (Wildman–Crippen MR) is 124 cm³/mol. The molecule has 5 rings (SSSR count). The van der Waals surface area contributed by atoms with Gasteiger partial charge in [-0.05, 0) is 37.6 Å². The van der Waals surface area contributed by atoms with Crippen molar-refractivity contribution in [2.45, 2.75) is 31.9 Å². The molecule has 2 atom stereocenters. The molecule has 1 amide bonds. The highest BCUT2D eigenvalue weighted by molar-refractivity contribution is 6.00. The Kier molecular flexibility index (Phi) is 5.49. The normalized spacial score (nSPS) is 20.6. The van der Waals surface area contributed by atoms with Gasteiger partial charge in [-0.3, -0.25) is 4.90 Å². The highest BCUT2D eigenvalue weighted by atomic mass is 19.1. The number of carbonyl (C=O) groups is 1. The zero-order valence-electron chi connectivity index (χ0n) is 18.8. The van der Waals surface area contributed by atoms with Gasteiger partial charge in [0.1, 0.15) is 29.8 Å². The number of piperidine rings is 1. The quantitative estimate of drug-likeness (QED) is 0.625. The smallest absolute Gasteiger partial charge is 0.415 e. The van der Waals surface area contributed by atoms with Crippen LogP contribution in [0, 0.1) is 5.82 Å². The minimum atomic E-state index is -0.397. The maximum Gasteiger partial charge on any atom is 0.415 e. The van der Waals surface area contributed by atoms with Gasteiger partial charge in [-0.15, -0.1) is 0 Å². The van der Waals surface area contributed by atoms with E-state index in [1.165, 1.54) is 6.33 Å². The fourth-order valence-corrected chi connectivity index (χ4v) is 4.67. The maximum atomic E-state index is 14.9. The van der Waals surface area contributed by atoms with Gasteiger partial charge in [0.25, 0.3) is 0 Å². The number of likely N-dealkylation sites (tertiary alicyclic amines) is 1. The van der Waals surface area contributed by atoms with Gasteiger partial charge < -0.3 is 19.7 Å². The first-order valence-corrected chi connectivity index (χ1v) is 11.1. The average molecular weight is 452 g/mol. The summed E-state index contributed by atoms with van der Waals surface area (Å²) in [5, 5.41) is 3.76. The van der Waals surface area contributed by atoms with Crippen LogP contribution < -0.4 is 15.0 Å². The SMILES string of the molecule is CCc1cccc(Nc2ncnc3cc(OC)c(N4C(=O)OC5CN(C)CCC54)cc23)c1F. The van der Waals surface area contributed by atoms with Crippen LogP contribution in [0.25, 0.3) is 10.9 Å². The van der Waals surface area contributed by atoms with Crippen LogP contribution >= 0.6 is 0 Å². The molecule has 3 heterocycles. The molecule has 2 aliphatic heterocycles. The van der Waals surface area contributed by atoms with E-state index >= 15 is 0 Å². The van der Waals surface area contributed by atoms with Crippen LogP contribution in [0.3, 0.4) is 0 Å². The number of carbonyl (C=O) groups excluding carboxylic acids is 1. The lowest BCUT2D eigenvalue weighted by Crippen LogP contribution is -2.48. The average Bonchev–Trinajstić information content (AvgIpc) is 3.14. The number of anilines is 3. The van der Waals surface area contributed by atoms with Gasteiger partial charge in [-0.1, -0.05) is 19.1 Å². The van der Waals surface area contributed by atoms with E-state index < -0.39 is 6.09 Å². The molecule has 8 nitrogen and oxygen atoms in total. The molecule has 0 bridgehead atoms. The van der Waals surface area contributed by atoms with Crippen molar-refractivity contribution in [1.29, 1.82) is 0 Å². The molecule has 2 saturated heterocycles. The molecule has 33 heavy (non-hydrogen) atoms. The van der Waals surface area contributed by atoms with Crippen molar-refractivity contribution in [3.63, 3.8) is 0 Å². The second kappa shape index (κ2) is 8.47. The number of nitrogens with zero attached hydrogens (tertiary/aromatic N) is 4. The first-order valence-electron chi connectivity index (χ1n) is 11.1. The van der Waals surface area contributed by atoms with E-state index in [1.54, 1.807) is 30.2 Å². The van der Waals surface area contributed by atoms with Gasteiger partial charge >= 0.3 is 6.09 Å². The zero-order chi connectivity index (χ0) is 23.1. The molecule has 2 aliphatic rings. The number of likely N-dealkylation sites (N-methyl/N-ethyl adjacent to an activating group) is 1. The van der Waals surface area contributed by atoms with Gasteiger partial charge in [-0.25, -0.2) is 19.2 Å². The number of fused-ring (bicyclic) bond motifs is 2. The Hall–Kier alpha value is -3.46. The maximum absolute atomic E-state index is 14.9. The molecule has 1 aromatic heterocycles. The number of benzene rings is 2. The minimum Gasteiger partial charge on any atom is -0.494 e. The fourth-order valence-electron chi connectivity index (χ4n) is 4.67. The molecular weight excluding hydrogens is 425 g/mol. The lowest BCUT2D eigenvalue weighted by Gasteiger charge is -2.33. The number of rotatable bonds is 5. The summed E-state index contributed by atoms with van der Waals surface area (Å²) in [6, 6.07) is 8.75. The standard InChI is InChI=1S/C24H26FN5O3/c1-4-14-6-5-7-16(22(14)25)28-23-15-10-19(20(32-3)11-17(15)26-13-27-23)30-18-8-9-29(2)12-21(18)33-24(30)31/h5-7,10-11,13,18,21H,4,8-9,12H2,1-3H3,(H,26,27,28). The van der Waals surface area contributed by atoms with Crippen LogP contribution in [0.1, 0.15) is 18.9 Å². The summed E-state index contributed by atoms with van der Waals surface area (Å²) in [6.45, 7) is 3.46. The minimum absolute atomic E-state index is 0.0835. The van der Waals surface area contributed by atoms with Crippen molar-refractivity contribution in [2.24, 2.45) is 0 Å². The number of methoxy groups -OCH3 is 1. The summed E-state index contributed by atoms with van der Waals surface area (Å²) in [5.41, 5.74) is 2.16. The van der Waals surface area contributed by atoms with Crippen LogP contribution in [0.2, 0.25) is 0 Å². The van der Waals surface area contributed by atoms with E-state index in [1.807, 2.05) is 26.1 Å². The number of nitrogens with one attached hydrogen (secondary N) is 1. The molecular formula is C24H26FN5O3. The van der Waals surface area contributed by atoms with Crippen LogP contribution in [-0.4, -0.2) is 60.4 Å². The topological polar surface area (TPSA) is 79.8 Å². The summed E-state index contributed by atoms with van der Waals surface area (Å²) < 4.78 is 26.2. The third-order valence-electron chi connectivity index (χ3n) is 6.42. The molecule has 3 aromatic rings. The highest BCUT2D eigenvalue weighted by Gasteiger charge is 2.46. The van der Waals surface area contributed by atoms with Crippen molar-refractivity contribution in [1.82, 2.24) is 14.9 Å². The Bertz CT molecular complexity index is 1220. The number of hydrogen-bond acceptors (Lipinski definition) is 7. The summed E-state index contributed by atoms with van der Waals surface area (Å²) in [6.07, 6.45) is 2.20. The van der Waals surface area contributed by atoms with E-state index in [0.29, 0.717) is 52.4 Å². The molecule has 0 spiro atoms. The predicted octanol–water partition coefficient (Wildman–Crippen LogP) is 4.11. The van der Waals surface area contributed by atoms with Gasteiger partial charge in [0.15, 0.2) is 0 Å². The van der Waals surface area contributed by atoms with Crippen molar-refractivity contribution in [3.8, 4) is 5.75 Å². The molecule has 9 heteroatoms. The molecule has 2 aromatic carbocycles. The van der Waals surface area contributed by atoms with Crippen molar-refractivity contribution in [2.75, 3.05) is 37.5 Å². The number of aryl methyl sites for hydroxylation is 1. The summed E-state index contributed by atoms with van der Waals surface area (Å²) >= 11 is 0. The highest BCUT2D eigenvalue weighted by Crippen LogP contribution is 2.40. The Balaban J connectivity index is 1.59. The first kappa shape index (κ1) is 21.4. The number of amides is 1. The second-order valence-corrected chi connectivity index (χ2v) is 8.43. The monoisotopic (exact) mass is 451 g/mol. The van der Waals surface area contributed by atoms with Gasteiger partial charge in [0.05, 0.1) is 30.0 Å². The second-order valence-electron chi connectivity index (χ2n) is 8.43. The van der Waals surface area contributed by atoms with Crippen LogP contribution in [-0.2, 0) is 11.2 Å². The number of ether oxygens (including phenoxy) is 2. The van der Waals surface area contributed by atoms with Crippen molar-refractivity contribution in [3.05, 3.63) is 48.0 Å². The molecule has 1 N–H and O–H groups in total. The molecule has 2 unspecified atom stereocenters. The lowest BCUT2D eigenvalue weighted by molar-refractivity contribution is 0.0820. The third-order valence-corrected chi connectivity index (χ3v) is 6.42. The Morgan fingerprint density at radius 3 is 2.94 bits per heavy atom. The Labute approximate surface area is 191 Å². The fraction of sp³-hybridized carbons (Fsp3) is 0.375. The molecule has 0 radical (unpaired) electrons. The molecule has 2 fully saturated rings. The largest absolute Gasteiger partial charge is 0.494 e. The number of halogens is 1. The first-order chi connectivity index (χ1) is 16.0. The van der Waals surface area contributed by atoms with Gasteiger partial charge in [0.2, 0.25) is 0 Å². The third kappa shape index (κ3) is 3.72. The van der Waals surface area contributed by atoms with E-state index in [9.17, 15) is 9.18 Å². The van der Waals surface area contributed by atoms with Crippen molar-refractivity contribution >= 4 is 34.2 Å². The number of aromatic nitrogens is 2. The summed E-state index contributed by atoms with van der Waals surface area (Å²) in [7, 11) is 3.58. The van der Waals surface area contributed by atoms with E-state index in [2.05, 4.69) is 20.2 Å². The summed E-state index contributed by atoms with van der Waals surface area (Å²) in [5.74, 6) is 0.657. The number of hydrogen-bond donors (Lipinski definition) is 1. The van der Waals surface area contributed by atoms with Crippen LogP contribution in [0.5, 0.6) is 5.75 Å². The van der Waals surface area contributed by atoms with Crippen LogP contribution in [0.4, 0.5) is 26.4 Å².